The van der Waals surface area contributed by atoms with Crippen molar-refractivity contribution >= 4 is 29.4 Å². The molecule has 0 bridgehead atoms. The van der Waals surface area contributed by atoms with Crippen molar-refractivity contribution in [1.29, 1.82) is 0 Å². The Labute approximate surface area is 238 Å². The summed E-state index contributed by atoms with van der Waals surface area (Å²) in [5.41, 5.74) is 7.09. The molecule has 8 nitrogen and oxygen atoms in total. The van der Waals surface area contributed by atoms with Crippen molar-refractivity contribution in [1.82, 2.24) is 10.2 Å². The van der Waals surface area contributed by atoms with E-state index in [-0.39, 0.29) is 29.5 Å². The van der Waals surface area contributed by atoms with E-state index in [2.05, 4.69) is 5.32 Å². The zero-order valence-electron chi connectivity index (χ0n) is 22.7. The van der Waals surface area contributed by atoms with Gasteiger partial charge >= 0.3 is 0 Å². The zero-order chi connectivity index (χ0) is 28.9. The molecule has 4 rings (SSSR count). The average molecular weight is 562 g/mol. The highest BCUT2D eigenvalue weighted by molar-refractivity contribution is 7.99. The van der Waals surface area contributed by atoms with Crippen molar-refractivity contribution in [2.24, 2.45) is 11.7 Å². The van der Waals surface area contributed by atoms with Crippen LogP contribution in [0.5, 0.6) is 5.75 Å². The number of nitrogens with one attached hydrogen (secondary N) is 1. The number of carbonyl (C=O) groups excluding carboxylic acids is 3. The van der Waals surface area contributed by atoms with Gasteiger partial charge in [0.25, 0.3) is 5.91 Å². The molecule has 1 fully saturated rings. The fourth-order valence-corrected chi connectivity index (χ4v) is 6.16. The second-order valence-electron chi connectivity index (χ2n) is 10.0. The minimum Gasteiger partial charge on any atom is -0.508 e. The molecule has 0 saturated carbocycles. The summed E-state index contributed by atoms with van der Waals surface area (Å²) in [7, 11) is 0. The molecule has 1 saturated heterocycles. The average Bonchev–Trinajstić information content (AvgIpc) is 3.45. The first-order valence-corrected chi connectivity index (χ1v) is 14.4. The van der Waals surface area contributed by atoms with Gasteiger partial charge in [0, 0.05) is 23.4 Å². The van der Waals surface area contributed by atoms with E-state index in [1.807, 2.05) is 37.3 Å². The van der Waals surface area contributed by atoms with E-state index in [0.29, 0.717) is 29.8 Å². The van der Waals surface area contributed by atoms with Crippen molar-refractivity contribution in [3.63, 3.8) is 0 Å². The maximum atomic E-state index is 13.9. The number of carbonyl (C=O) groups is 3. The van der Waals surface area contributed by atoms with Crippen LogP contribution in [-0.2, 0) is 29.0 Å². The molecule has 40 heavy (non-hydrogen) atoms. The second-order valence-corrected chi connectivity index (χ2v) is 11.0. The number of ketones is 1. The largest absolute Gasteiger partial charge is 0.508 e. The standard InChI is InChI=1S/C31H35N3O5S/c1-3-23-24(14-9-15-27(23)35)28(36)25(16-21-11-5-4-6-12-21)31(32,39)30(38)34-19-40-18-26(34)29(37)33-17-22-13-8-7-10-20(22)2/h4-15,25-26,35,39H,3,16-19,32H2,1-2H3,(H,33,37)/t25-,26?,31+/m1/s1. The summed E-state index contributed by atoms with van der Waals surface area (Å²) in [4.78, 5) is 42.2. The molecule has 5 N–H and O–H groups in total. The number of hydrogen-bond acceptors (Lipinski definition) is 7. The van der Waals surface area contributed by atoms with Gasteiger partial charge in [-0.2, -0.15) is 0 Å². The van der Waals surface area contributed by atoms with Crippen LogP contribution >= 0.6 is 11.8 Å². The summed E-state index contributed by atoms with van der Waals surface area (Å²) in [6.07, 6.45) is 0.358. The lowest BCUT2D eigenvalue weighted by Gasteiger charge is -2.35. The summed E-state index contributed by atoms with van der Waals surface area (Å²) in [6.45, 7) is 4.06. The molecule has 3 atom stereocenters. The summed E-state index contributed by atoms with van der Waals surface area (Å²) < 4.78 is 0. The number of benzene rings is 3. The van der Waals surface area contributed by atoms with Crippen LogP contribution in [0, 0.1) is 12.8 Å². The molecule has 1 unspecified atom stereocenters. The number of Topliss-reactive ketones (excluding diaryl/α,β-unsaturated/α-hetero) is 1. The molecule has 9 heteroatoms. The van der Waals surface area contributed by atoms with Gasteiger partial charge < -0.3 is 20.4 Å². The third-order valence-corrected chi connectivity index (χ3v) is 8.42. The highest BCUT2D eigenvalue weighted by atomic mass is 32.2. The Bertz CT molecular complexity index is 1380. The number of aryl methyl sites for hydroxylation is 1. The second kappa shape index (κ2) is 12.7. The van der Waals surface area contributed by atoms with E-state index in [1.54, 1.807) is 43.3 Å². The van der Waals surface area contributed by atoms with Crippen molar-refractivity contribution in [2.45, 2.75) is 45.0 Å². The first-order chi connectivity index (χ1) is 19.1. The summed E-state index contributed by atoms with van der Waals surface area (Å²) >= 11 is 1.38. The number of aromatic hydroxyl groups is 1. The van der Waals surface area contributed by atoms with Crippen LogP contribution in [0.1, 0.15) is 39.5 Å². The highest BCUT2D eigenvalue weighted by Gasteiger charge is 2.50. The van der Waals surface area contributed by atoms with Crippen molar-refractivity contribution in [3.05, 3.63) is 101 Å². The lowest BCUT2D eigenvalue weighted by molar-refractivity contribution is -0.157. The Morgan fingerprint density at radius 2 is 1.77 bits per heavy atom. The molecule has 0 radical (unpaired) electrons. The minimum atomic E-state index is -2.61. The minimum absolute atomic E-state index is 0.0116. The number of nitrogens with zero attached hydrogens (tertiary/aromatic N) is 1. The Balaban J connectivity index is 1.61. The monoisotopic (exact) mass is 561 g/mol. The summed E-state index contributed by atoms with van der Waals surface area (Å²) in [5, 5.41) is 24.9. The predicted octanol–water partition coefficient (Wildman–Crippen LogP) is 3.17. The number of thioether (sulfide) groups is 1. The molecular formula is C31H35N3O5S. The van der Waals surface area contributed by atoms with E-state index in [1.165, 1.54) is 22.7 Å². The summed E-state index contributed by atoms with van der Waals surface area (Å²) in [6, 6.07) is 20.4. The quantitative estimate of drug-likeness (QED) is 0.221. The first kappa shape index (κ1) is 29.3. The van der Waals surface area contributed by atoms with Gasteiger partial charge in [0.2, 0.25) is 11.6 Å². The molecule has 1 heterocycles. The first-order valence-electron chi connectivity index (χ1n) is 13.3. The predicted molar refractivity (Wildman–Crippen MR) is 156 cm³/mol. The number of nitrogens with two attached hydrogens (primary N) is 1. The fraction of sp³-hybridized carbons (Fsp3) is 0.323. The van der Waals surface area contributed by atoms with E-state index < -0.39 is 29.4 Å². The Kier molecular flexibility index (Phi) is 9.29. The van der Waals surface area contributed by atoms with Crippen LogP contribution in [0.4, 0.5) is 0 Å². The molecule has 210 valence electrons. The fourth-order valence-electron chi connectivity index (χ4n) is 5.01. The van der Waals surface area contributed by atoms with Gasteiger partial charge in [-0.25, -0.2) is 0 Å². The molecule has 0 aromatic heterocycles. The van der Waals surface area contributed by atoms with E-state index >= 15 is 0 Å². The van der Waals surface area contributed by atoms with Gasteiger partial charge in [-0.3, -0.25) is 20.1 Å². The van der Waals surface area contributed by atoms with Crippen LogP contribution in [-0.4, -0.2) is 56.1 Å². The van der Waals surface area contributed by atoms with Crippen molar-refractivity contribution in [2.75, 3.05) is 11.6 Å². The Morgan fingerprint density at radius 3 is 2.48 bits per heavy atom. The Morgan fingerprint density at radius 1 is 1.07 bits per heavy atom. The number of rotatable bonds is 10. The molecular weight excluding hydrogens is 526 g/mol. The van der Waals surface area contributed by atoms with Crippen LogP contribution in [0.25, 0.3) is 0 Å². The number of aliphatic hydroxyl groups is 1. The molecule has 1 aliphatic heterocycles. The SMILES string of the molecule is CCc1c(O)cccc1C(=O)[C@@H](Cc1ccccc1)[C@](N)(O)C(=O)N1CSCC1C(=O)NCc1ccccc1C. The molecule has 1 aliphatic rings. The van der Waals surface area contributed by atoms with Gasteiger partial charge in [-0.05, 0) is 42.5 Å². The van der Waals surface area contributed by atoms with Crippen LogP contribution in [0.3, 0.4) is 0 Å². The maximum Gasteiger partial charge on any atom is 0.271 e. The number of phenolic OH excluding ortho intramolecular Hbond substituents is 1. The molecule has 0 spiro atoms. The lowest BCUT2D eigenvalue weighted by atomic mass is 9.81. The topological polar surface area (TPSA) is 133 Å². The van der Waals surface area contributed by atoms with Crippen LogP contribution in [0.15, 0.2) is 72.8 Å². The third kappa shape index (κ3) is 6.22. The number of amides is 2. The van der Waals surface area contributed by atoms with Crippen LogP contribution < -0.4 is 11.1 Å². The third-order valence-electron chi connectivity index (χ3n) is 7.40. The van der Waals surface area contributed by atoms with E-state index in [0.717, 1.165) is 11.1 Å². The zero-order valence-corrected chi connectivity index (χ0v) is 23.5. The lowest BCUT2D eigenvalue weighted by Crippen LogP contribution is -2.64. The van der Waals surface area contributed by atoms with Gasteiger partial charge in [-0.1, -0.05) is 73.7 Å². The number of phenols is 1. The normalized spacial score (nSPS) is 17.2. The van der Waals surface area contributed by atoms with Gasteiger partial charge in [-0.15, -0.1) is 11.8 Å². The highest BCUT2D eigenvalue weighted by Crippen LogP contribution is 2.32. The smallest absolute Gasteiger partial charge is 0.271 e. The molecule has 3 aromatic carbocycles. The molecule has 2 amide bonds. The van der Waals surface area contributed by atoms with Crippen molar-refractivity contribution in [3.8, 4) is 5.75 Å². The van der Waals surface area contributed by atoms with Gasteiger partial charge in [0.05, 0.1) is 11.8 Å². The van der Waals surface area contributed by atoms with E-state index in [4.69, 9.17) is 5.73 Å². The van der Waals surface area contributed by atoms with Gasteiger partial charge in [0.15, 0.2) is 5.78 Å². The van der Waals surface area contributed by atoms with E-state index in [9.17, 15) is 24.6 Å². The maximum absolute atomic E-state index is 13.9. The van der Waals surface area contributed by atoms with Crippen LogP contribution in [0.2, 0.25) is 0 Å². The molecule has 3 aromatic rings. The van der Waals surface area contributed by atoms with Crippen molar-refractivity contribution < 1.29 is 24.6 Å². The summed E-state index contributed by atoms with van der Waals surface area (Å²) in [5.74, 6) is -2.71. The number of hydrogen-bond donors (Lipinski definition) is 4. The molecule has 0 aliphatic carbocycles. The van der Waals surface area contributed by atoms with Gasteiger partial charge in [0.1, 0.15) is 11.8 Å². The Hall–Kier alpha value is -3.66.